The topological polar surface area (TPSA) is 127 Å². The molecule has 5 rings (SSSR count). The zero-order valence-electron chi connectivity index (χ0n) is 23.0. The van der Waals surface area contributed by atoms with Crippen LogP contribution in [0.5, 0.6) is 0 Å². The smallest absolute Gasteiger partial charge is 0.253 e. The number of hydrogen-bond acceptors (Lipinski definition) is 9. The number of ether oxygens (including phenoxy) is 1. The fourth-order valence-corrected chi connectivity index (χ4v) is 5.62. The Kier molecular flexibility index (Phi) is 7.52. The average Bonchev–Trinajstić information content (AvgIpc) is 2.94. The molecule has 0 aliphatic carbocycles. The van der Waals surface area contributed by atoms with Gasteiger partial charge < -0.3 is 15.0 Å². The second kappa shape index (κ2) is 10.9. The van der Waals surface area contributed by atoms with Gasteiger partial charge in [-0.1, -0.05) is 19.9 Å². The minimum atomic E-state index is -3.47. The highest BCUT2D eigenvalue weighted by atomic mass is 32.2. The molecule has 4 aromatic rings. The maximum atomic E-state index is 12.6. The van der Waals surface area contributed by atoms with E-state index in [1.165, 1.54) is 18.5 Å². The van der Waals surface area contributed by atoms with Crippen LogP contribution in [-0.2, 0) is 21.1 Å². The largest absolute Gasteiger partial charge is 0.381 e. The Morgan fingerprint density at radius 2 is 1.90 bits per heavy atom. The van der Waals surface area contributed by atoms with E-state index in [0.29, 0.717) is 5.69 Å². The van der Waals surface area contributed by atoms with Gasteiger partial charge in [0.1, 0.15) is 5.82 Å². The van der Waals surface area contributed by atoms with E-state index in [0.717, 1.165) is 53.9 Å². The van der Waals surface area contributed by atoms with Crippen molar-refractivity contribution in [3.63, 3.8) is 0 Å². The highest BCUT2D eigenvalue weighted by molar-refractivity contribution is 7.90. The molecular formula is C29H32N6O4S. The quantitative estimate of drug-likeness (QED) is 0.360. The molecule has 0 saturated carbocycles. The number of nitrogens with zero attached hydrogens (tertiary/aromatic N) is 5. The third-order valence-electron chi connectivity index (χ3n) is 7.20. The molecule has 0 spiro atoms. The number of fused-ring (bicyclic) bond motifs is 1. The molecule has 1 amide bonds. The van der Waals surface area contributed by atoms with Crippen LogP contribution in [0.1, 0.15) is 36.3 Å². The summed E-state index contributed by atoms with van der Waals surface area (Å²) in [5.41, 5.74) is 3.03. The Labute approximate surface area is 233 Å². The third-order valence-corrected chi connectivity index (χ3v) is 8.28. The Hall–Kier alpha value is -3.96. The lowest BCUT2D eigenvalue weighted by Crippen LogP contribution is -2.49. The van der Waals surface area contributed by atoms with E-state index >= 15 is 0 Å². The number of nitrogens with one attached hydrogen (secondary N) is 1. The lowest BCUT2D eigenvalue weighted by atomic mass is 9.81. The van der Waals surface area contributed by atoms with E-state index in [1.807, 2.05) is 36.4 Å². The number of aromatic nitrogens is 4. The summed E-state index contributed by atoms with van der Waals surface area (Å²) in [6.07, 6.45) is 6.49. The number of amides is 1. The molecule has 1 fully saturated rings. The van der Waals surface area contributed by atoms with Crippen LogP contribution in [0.15, 0.2) is 66.0 Å². The van der Waals surface area contributed by atoms with Gasteiger partial charge in [-0.3, -0.25) is 14.8 Å². The zero-order valence-corrected chi connectivity index (χ0v) is 23.8. The van der Waals surface area contributed by atoms with Gasteiger partial charge in [-0.2, -0.15) is 0 Å². The zero-order chi connectivity index (χ0) is 28.5. The number of sulfone groups is 1. The van der Waals surface area contributed by atoms with Crippen LogP contribution in [0.2, 0.25) is 0 Å². The van der Waals surface area contributed by atoms with Gasteiger partial charge in [0, 0.05) is 55.8 Å². The van der Waals surface area contributed by atoms with E-state index in [9.17, 15) is 13.2 Å². The van der Waals surface area contributed by atoms with Gasteiger partial charge in [-0.25, -0.2) is 18.4 Å². The highest BCUT2D eigenvalue weighted by Gasteiger charge is 2.36. The first-order valence-electron chi connectivity index (χ1n) is 13.0. The molecule has 5 heterocycles. The first-order valence-corrected chi connectivity index (χ1v) is 14.9. The monoisotopic (exact) mass is 560 g/mol. The molecule has 11 heteroatoms. The molecule has 0 bridgehead atoms. The molecule has 208 valence electrons. The molecule has 10 nitrogen and oxygen atoms in total. The van der Waals surface area contributed by atoms with Gasteiger partial charge in [0.25, 0.3) is 5.91 Å². The Morgan fingerprint density at radius 1 is 1.10 bits per heavy atom. The van der Waals surface area contributed by atoms with Crippen LogP contribution < -0.4 is 10.2 Å². The van der Waals surface area contributed by atoms with Gasteiger partial charge in [-0.05, 0) is 42.8 Å². The standard InChI is InChI=1S/C29H32N6O4S/c1-29(2)18-35(11-10-26(29)39-3)27-7-5-6-23(34-27)24-9-8-19-15-31-21(13-25(19)33-24)16-32-28(36)20-12-22(17-30-14-20)40(4,37)38/h5-9,12-15,17,26H,10-11,16,18H2,1-4H3,(H,32,36)/t26-/m1/s1. The minimum absolute atomic E-state index is 0.0116. The number of rotatable bonds is 7. The van der Waals surface area contributed by atoms with Crippen LogP contribution in [-0.4, -0.2) is 66.8 Å². The van der Waals surface area contributed by atoms with E-state index in [1.54, 1.807) is 13.3 Å². The van der Waals surface area contributed by atoms with Crippen LogP contribution in [0, 0.1) is 5.41 Å². The Morgan fingerprint density at radius 3 is 2.65 bits per heavy atom. The fraction of sp³-hybridized carbons (Fsp3) is 0.345. The molecule has 1 saturated heterocycles. The van der Waals surface area contributed by atoms with Crippen molar-refractivity contribution in [2.75, 3.05) is 31.4 Å². The minimum Gasteiger partial charge on any atom is -0.381 e. The summed E-state index contributed by atoms with van der Waals surface area (Å²) in [6, 6.07) is 13.0. The first-order chi connectivity index (χ1) is 19.0. The number of anilines is 1. The fourth-order valence-electron chi connectivity index (χ4n) is 5.03. The second-order valence-corrected chi connectivity index (χ2v) is 12.7. The predicted molar refractivity (Wildman–Crippen MR) is 153 cm³/mol. The molecule has 0 unspecified atom stereocenters. The molecule has 4 aromatic heterocycles. The Balaban J connectivity index is 1.33. The van der Waals surface area contributed by atoms with Crippen molar-refractivity contribution in [2.45, 2.75) is 37.8 Å². The first kappa shape index (κ1) is 27.6. The van der Waals surface area contributed by atoms with E-state index < -0.39 is 15.7 Å². The van der Waals surface area contributed by atoms with Crippen molar-refractivity contribution >= 4 is 32.5 Å². The van der Waals surface area contributed by atoms with E-state index in [2.05, 4.69) is 34.0 Å². The molecular weight excluding hydrogens is 528 g/mol. The summed E-state index contributed by atoms with van der Waals surface area (Å²) in [5, 5.41) is 3.64. The van der Waals surface area contributed by atoms with Crippen LogP contribution in [0.4, 0.5) is 5.82 Å². The Bertz CT molecular complexity index is 1670. The van der Waals surface area contributed by atoms with Crippen molar-refractivity contribution < 1.29 is 17.9 Å². The summed E-state index contributed by atoms with van der Waals surface area (Å²) < 4.78 is 29.3. The lowest BCUT2D eigenvalue weighted by Gasteiger charge is -2.44. The van der Waals surface area contributed by atoms with E-state index in [4.69, 9.17) is 14.7 Å². The number of methoxy groups -OCH3 is 1. The molecule has 1 N–H and O–H groups in total. The number of carbonyl (C=O) groups is 1. The third kappa shape index (κ3) is 5.95. The van der Waals surface area contributed by atoms with Crippen LogP contribution >= 0.6 is 0 Å². The lowest BCUT2D eigenvalue weighted by molar-refractivity contribution is -0.00642. The predicted octanol–water partition coefficient (Wildman–Crippen LogP) is 3.67. The normalized spacial score (nSPS) is 17.1. The van der Waals surface area contributed by atoms with Crippen molar-refractivity contribution in [1.29, 1.82) is 0 Å². The van der Waals surface area contributed by atoms with Crippen molar-refractivity contribution in [2.24, 2.45) is 5.41 Å². The SMILES string of the molecule is CO[C@@H]1CCN(c2cccc(-c3ccc4cnc(CNC(=O)c5cncc(S(C)(=O)=O)c5)cc4n3)n2)CC1(C)C. The molecule has 1 aliphatic heterocycles. The molecule has 0 aromatic carbocycles. The molecule has 1 aliphatic rings. The van der Waals surface area contributed by atoms with Gasteiger partial charge in [0.15, 0.2) is 9.84 Å². The molecule has 1 atom stereocenters. The van der Waals surface area contributed by atoms with Gasteiger partial charge in [0.05, 0.1) is 45.7 Å². The maximum absolute atomic E-state index is 12.6. The van der Waals surface area contributed by atoms with Crippen LogP contribution in [0.25, 0.3) is 22.3 Å². The number of hydrogen-bond donors (Lipinski definition) is 1. The van der Waals surface area contributed by atoms with Gasteiger partial charge >= 0.3 is 0 Å². The summed E-state index contributed by atoms with van der Waals surface area (Å²) in [7, 11) is -1.69. The maximum Gasteiger partial charge on any atom is 0.253 e. The average molecular weight is 561 g/mol. The van der Waals surface area contributed by atoms with Crippen molar-refractivity contribution in [1.82, 2.24) is 25.3 Å². The number of pyridine rings is 4. The van der Waals surface area contributed by atoms with Gasteiger partial charge in [-0.15, -0.1) is 0 Å². The molecule has 40 heavy (non-hydrogen) atoms. The van der Waals surface area contributed by atoms with Crippen LogP contribution in [0.3, 0.4) is 0 Å². The van der Waals surface area contributed by atoms with Crippen molar-refractivity contribution in [3.8, 4) is 11.4 Å². The molecule has 0 radical (unpaired) electrons. The second-order valence-electron chi connectivity index (χ2n) is 10.7. The summed E-state index contributed by atoms with van der Waals surface area (Å²) in [6.45, 7) is 6.31. The highest BCUT2D eigenvalue weighted by Crippen LogP contribution is 2.33. The summed E-state index contributed by atoms with van der Waals surface area (Å²) >= 11 is 0. The van der Waals surface area contributed by atoms with Gasteiger partial charge in [0.2, 0.25) is 0 Å². The van der Waals surface area contributed by atoms with Crippen molar-refractivity contribution in [3.05, 3.63) is 72.3 Å². The van der Waals surface area contributed by atoms with E-state index in [-0.39, 0.29) is 28.5 Å². The number of piperidine rings is 1. The number of carbonyl (C=O) groups excluding carboxylic acids is 1. The summed E-state index contributed by atoms with van der Waals surface area (Å²) in [5.74, 6) is 0.468. The summed E-state index contributed by atoms with van der Waals surface area (Å²) in [4.78, 5) is 33.0.